The summed E-state index contributed by atoms with van der Waals surface area (Å²) in [7, 11) is 0. The zero-order valence-electron chi connectivity index (χ0n) is 7.10. The lowest BCUT2D eigenvalue weighted by Gasteiger charge is -2.00. The largest absolute Gasteiger partial charge is 0.347 e. The molecule has 0 aliphatic heterocycles. The molecule has 0 aromatic carbocycles. The van der Waals surface area contributed by atoms with Crippen LogP contribution in [0.3, 0.4) is 0 Å². The molecule has 0 unspecified atom stereocenters. The lowest BCUT2D eigenvalue weighted by Crippen LogP contribution is -2.85. The zero-order valence-corrected chi connectivity index (χ0v) is 7.10. The Morgan fingerprint density at radius 1 is 1.64 bits per heavy atom. The van der Waals surface area contributed by atoms with Crippen LogP contribution in [-0.2, 0) is 4.79 Å². The number of carbonyl (C=O) groups is 1. The van der Waals surface area contributed by atoms with Gasteiger partial charge in [-0.1, -0.05) is 13.5 Å². The molecule has 3 nitrogen and oxygen atoms in total. The van der Waals surface area contributed by atoms with Gasteiger partial charge in [0, 0.05) is 0 Å². The van der Waals surface area contributed by atoms with Gasteiger partial charge in [0.1, 0.15) is 0 Å². The fourth-order valence-corrected chi connectivity index (χ4v) is 0.718. The molecule has 0 aliphatic carbocycles. The molecule has 0 saturated heterocycles. The topological polar surface area (TPSA) is 45.7 Å². The summed E-state index contributed by atoms with van der Waals surface area (Å²) in [5.74, 6) is -0.0881. The van der Waals surface area contributed by atoms with E-state index in [-0.39, 0.29) is 5.91 Å². The van der Waals surface area contributed by atoms with Crippen LogP contribution in [0.2, 0.25) is 0 Å². The number of nitrogens with two attached hydrogens (primary N) is 1. The minimum absolute atomic E-state index is 0.0881. The number of nitrogens with one attached hydrogen (secondary N) is 1. The Balaban J connectivity index is 3.01. The van der Waals surface area contributed by atoms with E-state index in [0.717, 1.165) is 19.6 Å². The Morgan fingerprint density at radius 3 is 2.91 bits per heavy atom. The van der Waals surface area contributed by atoms with Gasteiger partial charge in [0.05, 0.1) is 19.6 Å². The first-order valence-corrected chi connectivity index (χ1v) is 4.03. The van der Waals surface area contributed by atoms with E-state index < -0.39 is 0 Å². The molecule has 0 heterocycles. The molecule has 0 spiro atoms. The SMILES string of the molecule is C=CC(=O)NCC[NH2+]CCC. The fourth-order valence-electron chi connectivity index (χ4n) is 0.718. The summed E-state index contributed by atoms with van der Waals surface area (Å²) in [6, 6.07) is 0. The minimum Gasteiger partial charge on any atom is -0.347 e. The average molecular weight is 157 g/mol. The molecule has 0 radical (unpaired) electrons. The summed E-state index contributed by atoms with van der Waals surface area (Å²) in [5.41, 5.74) is 0. The number of quaternary nitrogens is 1. The molecule has 11 heavy (non-hydrogen) atoms. The smallest absolute Gasteiger partial charge is 0.243 e. The zero-order chi connectivity index (χ0) is 8.53. The van der Waals surface area contributed by atoms with E-state index in [9.17, 15) is 4.79 Å². The van der Waals surface area contributed by atoms with Gasteiger partial charge in [-0.3, -0.25) is 4.79 Å². The number of carbonyl (C=O) groups excluding carboxylic acids is 1. The standard InChI is InChI=1S/C8H16N2O/c1-3-5-9-6-7-10-8(11)4-2/h4,9H,2-3,5-7H2,1H3,(H,10,11)/p+1. The predicted octanol–water partition coefficient (Wildman–Crippen LogP) is -0.738. The lowest BCUT2D eigenvalue weighted by molar-refractivity contribution is -0.652. The lowest BCUT2D eigenvalue weighted by atomic mass is 10.4. The van der Waals surface area contributed by atoms with Crippen LogP contribution in [0, 0.1) is 0 Å². The van der Waals surface area contributed by atoms with Gasteiger partial charge >= 0.3 is 0 Å². The van der Waals surface area contributed by atoms with Crippen molar-refractivity contribution in [1.82, 2.24) is 5.32 Å². The molecule has 1 amide bonds. The molecular weight excluding hydrogens is 140 g/mol. The van der Waals surface area contributed by atoms with Gasteiger partial charge < -0.3 is 10.6 Å². The monoisotopic (exact) mass is 157 g/mol. The van der Waals surface area contributed by atoms with Crippen molar-refractivity contribution in [3.63, 3.8) is 0 Å². The minimum atomic E-state index is -0.0881. The molecule has 64 valence electrons. The highest BCUT2D eigenvalue weighted by Gasteiger charge is 1.92. The molecule has 0 bridgehead atoms. The number of hydrogen-bond donors (Lipinski definition) is 2. The molecule has 3 heteroatoms. The molecule has 0 atom stereocenters. The third kappa shape index (κ3) is 7.06. The molecule has 0 fully saturated rings. The maximum absolute atomic E-state index is 10.6. The first kappa shape index (κ1) is 10.2. The highest BCUT2D eigenvalue weighted by atomic mass is 16.1. The quantitative estimate of drug-likeness (QED) is 0.387. The highest BCUT2D eigenvalue weighted by Crippen LogP contribution is 1.63. The second-order valence-electron chi connectivity index (χ2n) is 2.36. The van der Waals surface area contributed by atoms with Crippen LogP contribution in [0.5, 0.6) is 0 Å². The second kappa shape index (κ2) is 7.28. The summed E-state index contributed by atoms with van der Waals surface area (Å²) >= 11 is 0. The number of hydrogen-bond acceptors (Lipinski definition) is 1. The normalized spacial score (nSPS) is 9.18. The van der Waals surface area contributed by atoms with Crippen LogP contribution in [0.25, 0.3) is 0 Å². The fraction of sp³-hybridized carbons (Fsp3) is 0.625. The van der Waals surface area contributed by atoms with E-state index in [2.05, 4.69) is 24.1 Å². The van der Waals surface area contributed by atoms with E-state index in [4.69, 9.17) is 0 Å². The van der Waals surface area contributed by atoms with Crippen molar-refractivity contribution in [3.8, 4) is 0 Å². The molecule has 0 rings (SSSR count). The van der Waals surface area contributed by atoms with Crippen molar-refractivity contribution in [1.29, 1.82) is 0 Å². The van der Waals surface area contributed by atoms with Crippen molar-refractivity contribution >= 4 is 5.91 Å². The molecular formula is C8H17N2O+. The van der Waals surface area contributed by atoms with E-state index in [1.807, 2.05) is 0 Å². The summed E-state index contributed by atoms with van der Waals surface area (Å²) in [6.07, 6.45) is 2.47. The average Bonchev–Trinajstić information content (AvgIpc) is 2.04. The Morgan fingerprint density at radius 2 is 2.36 bits per heavy atom. The van der Waals surface area contributed by atoms with E-state index in [1.165, 1.54) is 12.5 Å². The van der Waals surface area contributed by atoms with Crippen LogP contribution < -0.4 is 10.6 Å². The van der Waals surface area contributed by atoms with Gasteiger partial charge in [0.15, 0.2) is 0 Å². The molecule has 0 aliphatic rings. The number of amides is 1. The van der Waals surface area contributed by atoms with Gasteiger partial charge in [-0.15, -0.1) is 0 Å². The van der Waals surface area contributed by atoms with Gasteiger partial charge in [0.25, 0.3) is 0 Å². The maximum Gasteiger partial charge on any atom is 0.243 e. The van der Waals surface area contributed by atoms with Crippen molar-refractivity contribution in [2.45, 2.75) is 13.3 Å². The Bertz CT molecular complexity index is 123. The first-order valence-electron chi connectivity index (χ1n) is 4.03. The molecule has 0 saturated carbocycles. The summed E-state index contributed by atoms with van der Waals surface area (Å²) in [5, 5.41) is 4.89. The van der Waals surface area contributed by atoms with E-state index in [0.29, 0.717) is 0 Å². The van der Waals surface area contributed by atoms with E-state index in [1.54, 1.807) is 0 Å². The third-order valence-corrected chi connectivity index (χ3v) is 1.33. The Kier molecular flexibility index (Phi) is 6.73. The third-order valence-electron chi connectivity index (χ3n) is 1.33. The Hall–Kier alpha value is -0.830. The molecule has 0 aromatic heterocycles. The van der Waals surface area contributed by atoms with Crippen LogP contribution in [0.15, 0.2) is 12.7 Å². The summed E-state index contributed by atoms with van der Waals surface area (Å²) in [4.78, 5) is 10.6. The van der Waals surface area contributed by atoms with Crippen molar-refractivity contribution in [2.24, 2.45) is 0 Å². The first-order chi connectivity index (χ1) is 5.31. The van der Waals surface area contributed by atoms with Crippen LogP contribution in [0.1, 0.15) is 13.3 Å². The maximum atomic E-state index is 10.6. The van der Waals surface area contributed by atoms with Gasteiger partial charge in [-0.05, 0) is 12.5 Å². The van der Waals surface area contributed by atoms with Crippen LogP contribution in [0.4, 0.5) is 0 Å². The highest BCUT2D eigenvalue weighted by molar-refractivity contribution is 5.86. The van der Waals surface area contributed by atoms with Gasteiger partial charge in [-0.25, -0.2) is 0 Å². The van der Waals surface area contributed by atoms with Gasteiger partial charge in [0.2, 0.25) is 5.91 Å². The summed E-state index contributed by atoms with van der Waals surface area (Å²) in [6.45, 7) is 8.30. The van der Waals surface area contributed by atoms with Gasteiger partial charge in [-0.2, -0.15) is 0 Å². The molecule has 3 N–H and O–H groups in total. The molecule has 0 aromatic rings. The Labute approximate surface area is 67.9 Å². The van der Waals surface area contributed by atoms with Crippen LogP contribution >= 0.6 is 0 Å². The van der Waals surface area contributed by atoms with Crippen LogP contribution in [-0.4, -0.2) is 25.5 Å². The van der Waals surface area contributed by atoms with E-state index >= 15 is 0 Å². The predicted molar refractivity (Wildman–Crippen MR) is 45.2 cm³/mol. The van der Waals surface area contributed by atoms with Crippen molar-refractivity contribution in [3.05, 3.63) is 12.7 Å². The van der Waals surface area contributed by atoms with Crippen molar-refractivity contribution < 1.29 is 10.1 Å². The number of rotatable bonds is 6. The summed E-state index contributed by atoms with van der Waals surface area (Å²) < 4.78 is 0. The van der Waals surface area contributed by atoms with Crippen molar-refractivity contribution in [2.75, 3.05) is 19.6 Å². The second-order valence-corrected chi connectivity index (χ2v) is 2.36.